The van der Waals surface area contributed by atoms with E-state index in [1.165, 1.54) is 6.07 Å². The first-order valence-corrected chi connectivity index (χ1v) is 9.69. The average Bonchev–Trinajstić information content (AvgIpc) is 3.26. The second-order valence-electron chi connectivity index (χ2n) is 7.37. The Hall–Kier alpha value is -2.99. The first-order chi connectivity index (χ1) is 14.1. The Morgan fingerprint density at radius 1 is 1.10 bits per heavy atom. The smallest absolute Gasteiger partial charge is 0.228 e. The van der Waals surface area contributed by atoms with Crippen LogP contribution in [0.3, 0.4) is 0 Å². The molecule has 1 aliphatic heterocycles. The standard InChI is InChI=1S/C23H22F2N2O2/c24-20-10-5-16(13-21(20)25)14-27-11-1-3-18(15-27)23(28)26-19-8-6-17(7-9-19)22-4-2-12-29-22/h2,4-10,12-13,18H,1,3,11,14-15H2,(H,26,28). The summed E-state index contributed by atoms with van der Waals surface area (Å²) in [5.41, 5.74) is 2.39. The highest BCUT2D eigenvalue weighted by atomic mass is 19.2. The minimum absolute atomic E-state index is 0.0225. The molecule has 0 aliphatic carbocycles. The van der Waals surface area contributed by atoms with Crippen molar-refractivity contribution in [2.45, 2.75) is 19.4 Å². The van der Waals surface area contributed by atoms with Crippen LogP contribution in [0.2, 0.25) is 0 Å². The number of nitrogens with one attached hydrogen (secondary N) is 1. The third-order valence-corrected chi connectivity index (χ3v) is 5.22. The Morgan fingerprint density at radius 3 is 2.66 bits per heavy atom. The number of likely N-dealkylation sites (tertiary alicyclic amines) is 1. The van der Waals surface area contributed by atoms with Gasteiger partial charge in [-0.3, -0.25) is 9.69 Å². The van der Waals surface area contributed by atoms with E-state index >= 15 is 0 Å². The zero-order valence-electron chi connectivity index (χ0n) is 15.9. The molecule has 1 aromatic heterocycles. The number of halogens is 2. The maximum Gasteiger partial charge on any atom is 0.228 e. The van der Waals surface area contributed by atoms with Crippen molar-refractivity contribution >= 4 is 11.6 Å². The SMILES string of the molecule is O=C(Nc1ccc(-c2ccco2)cc1)C1CCCN(Cc2ccc(F)c(F)c2)C1. The molecule has 1 atom stereocenters. The predicted octanol–water partition coefficient (Wildman–Crippen LogP) is 5.08. The summed E-state index contributed by atoms with van der Waals surface area (Å²) in [5.74, 6) is -1.07. The topological polar surface area (TPSA) is 45.5 Å². The molecule has 2 heterocycles. The van der Waals surface area contributed by atoms with Gasteiger partial charge in [0.25, 0.3) is 0 Å². The lowest BCUT2D eigenvalue weighted by Gasteiger charge is -2.32. The van der Waals surface area contributed by atoms with Gasteiger partial charge in [0.05, 0.1) is 12.2 Å². The molecule has 1 aliphatic rings. The van der Waals surface area contributed by atoms with Crippen molar-refractivity contribution in [3.63, 3.8) is 0 Å². The highest BCUT2D eigenvalue weighted by molar-refractivity contribution is 5.93. The quantitative estimate of drug-likeness (QED) is 0.655. The number of piperidine rings is 1. The first-order valence-electron chi connectivity index (χ1n) is 9.69. The van der Waals surface area contributed by atoms with Gasteiger partial charge in [-0.05, 0) is 73.5 Å². The minimum Gasteiger partial charge on any atom is -0.464 e. The van der Waals surface area contributed by atoms with Crippen molar-refractivity contribution in [3.8, 4) is 11.3 Å². The summed E-state index contributed by atoms with van der Waals surface area (Å²) in [7, 11) is 0. The van der Waals surface area contributed by atoms with Gasteiger partial charge in [0.2, 0.25) is 5.91 Å². The number of rotatable bonds is 5. The van der Waals surface area contributed by atoms with Crippen LogP contribution in [0.1, 0.15) is 18.4 Å². The van der Waals surface area contributed by atoms with Crippen LogP contribution in [0.15, 0.2) is 65.3 Å². The molecule has 0 bridgehead atoms. The fourth-order valence-corrected chi connectivity index (χ4v) is 3.71. The van der Waals surface area contributed by atoms with Gasteiger partial charge < -0.3 is 9.73 Å². The molecular formula is C23H22F2N2O2. The van der Waals surface area contributed by atoms with Crippen LogP contribution in [0.25, 0.3) is 11.3 Å². The van der Waals surface area contributed by atoms with Crippen molar-refractivity contribution in [2.75, 3.05) is 18.4 Å². The molecule has 0 spiro atoms. The normalized spacial score (nSPS) is 17.2. The Labute approximate surface area is 168 Å². The Morgan fingerprint density at radius 2 is 1.93 bits per heavy atom. The van der Waals surface area contributed by atoms with Gasteiger partial charge in [-0.1, -0.05) is 6.07 Å². The summed E-state index contributed by atoms with van der Waals surface area (Å²) < 4.78 is 31.9. The van der Waals surface area contributed by atoms with E-state index < -0.39 is 11.6 Å². The Kier molecular flexibility index (Phi) is 5.71. The second kappa shape index (κ2) is 8.57. The molecule has 29 heavy (non-hydrogen) atoms. The van der Waals surface area contributed by atoms with Gasteiger partial charge in [0.1, 0.15) is 5.76 Å². The average molecular weight is 396 g/mol. The number of hydrogen-bond acceptors (Lipinski definition) is 3. The van der Waals surface area contributed by atoms with E-state index in [4.69, 9.17) is 4.42 Å². The van der Waals surface area contributed by atoms with E-state index in [1.54, 1.807) is 12.3 Å². The number of anilines is 1. The van der Waals surface area contributed by atoms with E-state index in [1.807, 2.05) is 36.4 Å². The molecule has 2 aromatic carbocycles. The Balaban J connectivity index is 1.35. The van der Waals surface area contributed by atoms with Crippen LogP contribution in [-0.2, 0) is 11.3 Å². The van der Waals surface area contributed by atoms with Crippen molar-refractivity contribution in [1.82, 2.24) is 4.90 Å². The molecular weight excluding hydrogens is 374 g/mol. The highest BCUT2D eigenvalue weighted by Crippen LogP contribution is 2.24. The van der Waals surface area contributed by atoms with Gasteiger partial charge in [0.15, 0.2) is 11.6 Å². The van der Waals surface area contributed by atoms with Gasteiger partial charge in [0, 0.05) is 24.3 Å². The largest absolute Gasteiger partial charge is 0.464 e. The predicted molar refractivity (Wildman–Crippen MR) is 107 cm³/mol. The molecule has 150 valence electrons. The van der Waals surface area contributed by atoms with Crippen molar-refractivity contribution in [3.05, 3.63) is 78.1 Å². The zero-order valence-corrected chi connectivity index (χ0v) is 15.9. The summed E-state index contributed by atoms with van der Waals surface area (Å²) in [6, 6.07) is 15.2. The fourth-order valence-electron chi connectivity index (χ4n) is 3.71. The molecule has 1 fully saturated rings. The first kappa shape index (κ1) is 19.3. The van der Waals surface area contributed by atoms with Crippen LogP contribution in [0.5, 0.6) is 0 Å². The van der Waals surface area contributed by atoms with Crippen LogP contribution in [-0.4, -0.2) is 23.9 Å². The van der Waals surface area contributed by atoms with E-state index in [9.17, 15) is 13.6 Å². The second-order valence-corrected chi connectivity index (χ2v) is 7.37. The number of benzene rings is 2. The summed E-state index contributed by atoms with van der Waals surface area (Å²) in [4.78, 5) is 14.8. The lowest BCUT2D eigenvalue weighted by atomic mass is 9.96. The van der Waals surface area contributed by atoms with Gasteiger partial charge in [-0.15, -0.1) is 0 Å². The summed E-state index contributed by atoms with van der Waals surface area (Å²) in [6.45, 7) is 1.93. The molecule has 1 amide bonds. The third-order valence-electron chi connectivity index (χ3n) is 5.22. The number of carbonyl (C=O) groups excluding carboxylic acids is 1. The van der Waals surface area contributed by atoms with E-state index in [0.29, 0.717) is 18.7 Å². The number of hydrogen-bond donors (Lipinski definition) is 1. The van der Waals surface area contributed by atoms with Crippen LogP contribution in [0.4, 0.5) is 14.5 Å². The molecule has 1 unspecified atom stereocenters. The van der Waals surface area contributed by atoms with Crippen molar-refractivity contribution < 1.29 is 18.0 Å². The lowest BCUT2D eigenvalue weighted by molar-refractivity contribution is -0.121. The van der Waals surface area contributed by atoms with E-state index in [0.717, 1.165) is 42.5 Å². The molecule has 0 radical (unpaired) electrons. The molecule has 0 saturated carbocycles. The van der Waals surface area contributed by atoms with Gasteiger partial charge in [-0.25, -0.2) is 8.78 Å². The number of carbonyl (C=O) groups is 1. The monoisotopic (exact) mass is 396 g/mol. The minimum atomic E-state index is -0.845. The maximum atomic E-state index is 13.4. The highest BCUT2D eigenvalue weighted by Gasteiger charge is 2.26. The summed E-state index contributed by atoms with van der Waals surface area (Å²) in [6.07, 6.45) is 3.32. The third kappa shape index (κ3) is 4.71. The van der Waals surface area contributed by atoms with Crippen LogP contribution >= 0.6 is 0 Å². The Bertz CT molecular complexity index is 971. The molecule has 1 N–H and O–H groups in total. The van der Waals surface area contributed by atoms with Crippen LogP contribution in [0, 0.1) is 17.6 Å². The molecule has 6 heteroatoms. The maximum absolute atomic E-state index is 13.4. The number of furan rings is 1. The van der Waals surface area contributed by atoms with E-state index in [2.05, 4.69) is 10.2 Å². The fraction of sp³-hybridized carbons (Fsp3) is 0.261. The molecule has 1 saturated heterocycles. The molecule has 3 aromatic rings. The molecule has 4 rings (SSSR count). The summed E-state index contributed by atoms with van der Waals surface area (Å²) >= 11 is 0. The lowest BCUT2D eigenvalue weighted by Crippen LogP contribution is -2.40. The van der Waals surface area contributed by atoms with Crippen molar-refractivity contribution in [2.24, 2.45) is 5.92 Å². The number of nitrogens with zero attached hydrogens (tertiary/aromatic N) is 1. The summed E-state index contributed by atoms with van der Waals surface area (Å²) in [5, 5.41) is 2.98. The number of amides is 1. The molecule has 4 nitrogen and oxygen atoms in total. The van der Waals surface area contributed by atoms with Gasteiger partial charge >= 0.3 is 0 Å². The van der Waals surface area contributed by atoms with Crippen LogP contribution < -0.4 is 5.32 Å². The van der Waals surface area contributed by atoms with E-state index in [-0.39, 0.29) is 11.8 Å². The van der Waals surface area contributed by atoms with Gasteiger partial charge in [-0.2, -0.15) is 0 Å². The zero-order chi connectivity index (χ0) is 20.2. The van der Waals surface area contributed by atoms with Crippen molar-refractivity contribution in [1.29, 1.82) is 0 Å².